The summed E-state index contributed by atoms with van der Waals surface area (Å²) in [5, 5.41) is 3.03. The lowest BCUT2D eigenvalue weighted by atomic mass is 9.89. The molecule has 1 rings (SSSR count). The van der Waals surface area contributed by atoms with Crippen LogP contribution in [0.15, 0.2) is 55.1 Å². The van der Waals surface area contributed by atoms with E-state index in [-0.39, 0.29) is 18.1 Å². The molecule has 2 atom stereocenters. The van der Waals surface area contributed by atoms with Crippen molar-refractivity contribution in [3.05, 3.63) is 60.7 Å². The molecule has 0 heterocycles. The van der Waals surface area contributed by atoms with Gasteiger partial charge in [-0.05, 0) is 52.5 Å². The zero-order chi connectivity index (χ0) is 18.2. The summed E-state index contributed by atoms with van der Waals surface area (Å²) in [6.07, 6.45) is 4.06. The zero-order valence-electron chi connectivity index (χ0n) is 15.5. The molecule has 0 bridgehead atoms. The molecule has 0 aliphatic heterocycles. The lowest BCUT2D eigenvalue weighted by Crippen LogP contribution is -2.43. The van der Waals surface area contributed by atoms with Crippen molar-refractivity contribution in [1.82, 2.24) is 5.32 Å². The minimum Gasteiger partial charge on any atom is -0.444 e. The maximum absolute atomic E-state index is 12.2. The smallest absolute Gasteiger partial charge is 0.407 e. The third-order valence-corrected chi connectivity index (χ3v) is 3.72. The van der Waals surface area contributed by atoms with Gasteiger partial charge in [0.05, 0.1) is 0 Å². The van der Waals surface area contributed by atoms with Crippen molar-refractivity contribution in [2.75, 3.05) is 0 Å². The number of hydrogen-bond donors (Lipinski definition) is 1. The molecule has 0 aliphatic rings. The molecule has 0 aromatic heterocycles. The van der Waals surface area contributed by atoms with Crippen molar-refractivity contribution in [2.45, 2.75) is 58.6 Å². The van der Waals surface area contributed by atoms with Gasteiger partial charge in [0.1, 0.15) is 5.60 Å². The lowest BCUT2D eigenvalue weighted by molar-refractivity contribution is 0.0489. The predicted molar refractivity (Wildman–Crippen MR) is 101 cm³/mol. The van der Waals surface area contributed by atoms with Crippen LogP contribution in [0.2, 0.25) is 0 Å². The van der Waals surface area contributed by atoms with Gasteiger partial charge in [0.25, 0.3) is 0 Å². The summed E-state index contributed by atoms with van der Waals surface area (Å²) in [5.74, 6) is 0.138. The minimum atomic E-state index is -0.508. The molecule has 2 unspecified atom stereocenters. The Morgan fingerprint density at radius 2 is 1.92 bits per heavy atom. The number of carbonyl (C=O) groups excluding carboxylic acids is 1. The highest BCUT2D eigenvalue weighted by Crippen LogP contribution is 2.20. The van der Waals surface area contributed by atoms with E-state index in [1.807, 2.05) is 52.0 Å². The molecule has 3 heteroatoms. The summed E-state index contributed by atoms with van der Waals surface area (Å²) in [5.41, 5.74) is 1.83. The van der Waals surface area contributed by atoms with Crippen molar-refractivity contribution < 1.29 is 9.53 Å². The highest BCUT2D eigenvalue weighted by Gasteiger charge is 2.24. The van der Waals surface area contributed by atoms with Gasteiger partial charge < -0.3 is 10.1 Å². The number of amides is 1. The van der Waals surface area contributed by atoms with Gasteiger partial charge in [-0.1, -0.05) is 42.0 Å². The number of carbonyl (C=O) groups is 1. The van der Waals surface area contributed by atoms with E-state index in [1.54, 1.807) is 0 Å². The van der Waals surface area contributed by atoms with E-state index in [4.69, 9.17) is 4.74 Å². The number of rotatable bonds is 8. The average Bonchev–Trinajstić information content (AvgIpc) is 2.48. The van der Waals surface area contributed by atoms with Crippen LogP contribution < -0.4 is 5.32 Å². The second kappa shape index (κ2) is 9.31. The summed E-state index contributed by atoms with van der Waals surface area (Å²) < 4.78 is 5.41. The van der Waals surface area contributed by atoms with Crippen LogP contribution in [0.3, 0.4) is 0 Å². The summed E-state index contributed by atoms with van der Waals surface area (Å²) in [7, 11) is 0. The second-order valence-electron chi connectivity index (χ2n) is 7.34. The van der Waals surface area contributed by atoms with E-state index in [0.717, 1.165) is 24.8 Å². The molecular weight excluding hydrogens is 298 g/mol. The Labute approximate surface area is 146 Å². The fraction of sp³-hybridized carbons (Fsp3) is 0.476. The highest BCUT2D eigenvalue weighted by molar-refractivity contribution is 5.68. The second-order valence-corrected chi connectivity index (χ2v) is 7.34. The Balaban J connectivity index is 2.82. The maximum atomic E-state index is 12.2. The van der Waals surface area contributed by atoms with Gasteiger partial charge in [0.2, 0.25) is 0 Å². The molecule has 1 amide bonds. The number of alkyl carbamates (subject to hydrolysis) is 1. The van der Waals surface area contributed by atoms with Gasteiger partial charge in [-0.25, -0.2) is 4.79 Å². The summed E-state index contributed by atoms with van der Waals surface area (Å²) in [4.78, 5) is 12.2. The first-order valence-corrected chi connectivity index (χ1v) is 8.51. The summed E-state index contributed by atoms with van der Waals surface area (Å²) in [6.45, 7) is 15.5. The Kier molecular flexibility index (Phi) is 7.76. The molecule has 0 fully saturated rings. The zero-order valence-corrected chi connectivity index (χ0v) is 15.5. The number of allylic oxidation sites excluding steroid dienone is 1. The van der Waals surface area contributed by atoms with Crippen molar-refractivity contribution in [3.63, 3.8) is 0 Å². The molecule has 0 spiro atoms. The molecule has 1 N–H and O–H groups in total. The first kappa shape index (κ1) is 20.0. The van der Waals surface area contributed by atoms with Crippen LogP contribution in [0.25, 0.3) is 0 Å². The van der Waals surface area contributed by atoms with Crippen LogP contribution in [-0.2, 0) is 11.2 Å². The molecule has 0 saturated carbocycles. The normalized spacial score (nSPS) is 13.7. The molecule has 24 heavy (non-hydrogen) atoms. The van der Waals surface area contributed by atoms with E-state index < -0.39 is 5.60 Å². The van der Waals surface area contributed by atoms with Crippen LogP contribution >= 0.6 is 0 Å². The maximum Gasteiger partial charge on any atom is 0.407 e. The molecule has 0 aliphatic carbocycles. The fourth-order valence-corrected chi connectivity index (χ4v) is 2.53. The topological polar surface area (TPSA) is 38.3 Å². The van der Waals surface area contributed by atoms with Crippen LogP contribution in [0, 0.1) is 5.92 Å². The first-order valence-electron chi connectivity index (χ1n) is 8.51. The van der Waals surface area contributed by atoms with E-state index in [9.17, 15) is 4.79 Å². The van der Waals surface area contributed by atoms with Crippen LogP contribution in [0.4, 0.5) is 4.79 Å². The molecule has 0 saturated heterocycles. The predicted octanol–water partition coefficient (Wildman–Crippen LogP) is 5.28. The molecule has 1 aromatic rings. The van der Waals surface area contributed by atoms with E-state index in [2.05, 4.69) is 30.6 Å². The quantitative estimate of drug-likeness (QED) is 0.659. The minimum absolute atomic E-state index is 0.0331. The van der Waals surface area contributed by atoms with Crippen molar-refractivity contribution in [2.24, 2.45) is 5.92 Å². The number of benzene rings is 1. The van der Waals surface area contributed by atoms with Crippen LogP contribution in [0.1, 0.15) is 46.1 Å². The number of nitrogens with one attached hydrogen (secondary N) is 1. The average molecular weight is 329 g/mol. The monoisotopic (exact) mass is 329 g/mol. The fourth-order valence-electron chi connectivity index (χ4n) is 2.53. The Hall–Kier alpha value is -2.03. The van der Waals surface area contributed by atoms with E-state index >= 15 is 0 Å². The standard InChI is InChI=1S/C21H31NO2/c1-7-18(15-17-11-9-8-10-12-17)19(14-13-16(2)3)22-20(23)24-21(4,5)6/h7-12,18-19H,1-2,13-15H2,3-6H3,(H,22,23). The molecule has 0 radical (unpaired) electrons. The van der Waals surface area contributed by atoms with E-state index in [0.29, 0.717) is 0 Å². The molecule has 3 nitrogen and oxygen atoms in total. The lowest BCUT2D eigenvalue weighted by Gasteiger charge is -2.28. The van der Waals surface area contributed by atoms with Crippen LogP contribution in [-0.4, -0.2) is 17.7 Å². The summed E-state index contributed by atoms with van der Waals surface area (Å²) in [6, 6.07) is 10.2. The van der Waals surface area contributed by atoms with Gasteiger partial charge in [-0.2, -0.15) is 0 Å². The van der Waals surface area contributed by atoms with Crippen molar-refractivity contribution in [3.8, 4) is 0 Å². The Morgan fingerprint density at radius 1 is 1.29 bits per heavy atom. The molecule has 132 valence electrons. The first-order chi connectivity index (χ1) is 11.2. The third-order valence-electron chi connectivity index (χ3n) is 3.72. The van der Waals surface area contributed by atoms with Gasteiger partial charge >= 0.3 is 6.09 Å². The number of ether oxygens (including phenoxy) is 1. The van der Waals surface area contributed by atoms with Gasteiger partial charge in [0, 0.05) is 12.0 Å². The van der Waals surface area contributed by atoms with E-state index in [1.165, 1.54) is 5.56 Å². The molecular formula is C21H31NO2. The summed E-state index contributed by atoms with van der Waals surface area (Å²) >= 11 is 0. The van der Waals surface area contributed by atoms with Crippen LogP contribution in [0.5, 0.6) is 0 Å². The SMILES string of the molecule is C=CC(Cc1ccccc1)C(CCC(=C)C)NC(=O)OC(C)(C)C. The van der Waals surface area contributed by atoms with Crippen molar-refractivity contribution in [1.29, 1.82) is 0 Å². The number of hydrogen-bond acceptors (Lipinski definition) is 2. The highest BCUT2D eigenvalue weighted by atomic mass is 16.6. The Morgan fingerprint density at radius 3 is 2.42 bits per heavy atom. The van der Waals surface area contributed by atoms with Gasteiger partial charge in [-0.15, -0.1) is 13.2 Å². The van der Waals surface area contributed by atoms with Crippen molar-refractivity contribution >= 4 is 6.09 Å². The third kappa shape index (κ3) is 8.00. The largest absolute Gasteiger partial charge is 0.444 e. The molecule has 1 aromatic carbocycles. The Bertz CT molecular complexity index is 543. The van der Waals surface area contributed by atoms with Gasteiger partial charge in [0.15, 0.2) is 0 Å². The van der Waals surface area contributed by atoms with Gasteiger partial charge in [-0.3, -0.25) is 0 Å².